The molecule has 0 unspecified atom stereocenters. The highest BCUT2D eigenvalue weighted by molar-refractivity contribution is 7.92. The lowest BCUT2D eigenvalue weighted by molar-refractivity contribution is 0.0944. The van der Waals surface area contributed by atoms with Crippen LogP contribution in [0.15, 0.2) is 77.7 Å². The number of carbonyl (C=O) groups excluding carboxylic acids is 1. The van der Waals surface area contributed by atoms with Crippen LogP contribution >= 0.6 is 12.2 Å². The van der Waals surface area contributed by atoms with E-state index in [1.807, 2.05) is 0 Å². The minimum Gasteiger partial charge on any atom is -0.329 e. The summed E-state index contributed by atoms with van der Waals surface area (Å²) in [5, 5.41) is 2.55. The van der Waals surface area contributed by atoms with Crippen molar-refractivity contribution < 1.29 is 22.0 Å². The standard InChI is InChI=1S/C20H16F2N4O3S2/c21-14-7-9-15(10-8-14)26-31(28,29)16-11-5-13(6-12-16)19(27)24-25-20(30)23-18-4-2-1-3-17(18)22/h1-12,26H,(H,24,27)(H2,23,25,30). The highest BCUT2D eigenvalue weighted by Crippen LogP contribution is 2.17. The number of amides is 1. The lowest BCUT2D eigenvalue weighted by Gasteiger charge is -2.12. The van der Waals surface area contributed by atoms with Crippen LogP contribution in [-0.4, -0.2) is 19.4 Å². The summed E-state index contributed by atoms with van der Waals surface area (Å²) in [6.07, 6.45) is 0. The highest BCUT2D eigenvalue weighted by atomic mass is 32.2. The van der Waals surface area contributed by atoms with E-state index in [4.69, 9.17) is 12.2 Å². The van der Waals surface area contributed by atoms with Crippen LogP contribution in [0.4, 0.5) is 20.2 Å². The third-order valence-corrected chi connectivity index (χ3v) is 5.54. The molecule has 0 heterocycles. The third kappa shape index (κ3) is 5.96. The molecule has 0 fully saturated rings. The number of hydrogen-bond acceptors (Lipinski definition) is 4. The van der Waals surface area contributed by atoms with Gasteiger partial charge >= 0.3 is 0 Å². The molecule has 4 N–H and O–H groups in total. The van der Waals surface area contributed by atoms with Crippen molar-refractivity contribution in [3.05, 3.63) is 90.0 Å². The summed E-state index contributed by atoms with van der Waals surface area (Å²) in [5.41, 5.74) is 5.25. The molecular weight excluding hydrogens is 446 g/mol. The summed E-state index contributed by atoms with van der Waals surface area (Å²) >= 11 is 4.99. The Morgan fingerprint density at radius 1 is 0.839 bits per heavy atom. The van der Waals surface area contributed by atoms with Crippen molar-refractivity contribution in [1.29, 1.82) is 0 Å². The van der Waals surface area contributed by atoms with Crippen molar-refractivity contribution in [2.45, 2.75) is 4.90 Å². The van der Waals surface area contributed by atoms with Crippen molar-refractivity contribution in [2.75, 3.05) is 10.0 Å². The molecule has 3 rings (SSSR count). The predicted molar refractivity (Wildman–Crippen MR) is 117 cm³/mol. The van der Waals surface area contributed by atoms with Crippen LogP contribution in [0.1, 0.15) is 10.4 Å². The Balaban J connectivity index is 1.58. The fourth-order valence-corrected chi connectivity index (χ4v) is 3.64. The van der Waals surface area contributed by atoms with E-state index in [0.717, 1.165) is 12.1 Å². The predicted octanol–water partition coefficient (Wildman–Crippen LogP) is 3.40. The summed E-state index contributed by atoms with van der Waals surface area (Å²) in [7, 11) is -3.92. The van der Waals surface area contributed by atoms with Crippen LogP contribution in [0.3, 0.4) is 0 Å². The van der Waals surface area contributed by atoms with Crippen molar-refractivity contribution >= 4 is 44.6 Å². The number of benzene rings is 3. The summed E-state index contributed by atoms with van der Waals surface area (Å²) in [4.78, 5) is 12.1. The quantitative estimate of drug-likeness (QED) is 0.343. The van der Waals surface area contributed by atoms with Crippen molar-refractivity contribution in [3.8, 4) is 0 Å². The second-order valence-corrected chi connectivity index (χ2v) is 8.24. The number of nitrogens with one attached hydrogen (secondary N) is 4. The molecule has 0 aromatic heterocycles. The monoisotopic (exact) mass is 462 g/mol. The average Bonchev–Trinajstić information content (AvgIpc) is 2.75. The highest BCUT2D eigenvalue weighted by Gasteiger charge is 2.15. The number of anilines is 2. The van der Waals surface area contributed by atoms with Crippen molar-refractivity contribution in [2.24, 2.45) is 0 Å². The van der Waals surface area contributed by atoms with Crippen LogP contribution in [0.5, 0.6) is 0 Å². The number of para-hydroxylation sites is 1. The van der Waals surface area contributed by atoms with Gasteiger partial charge in [-0.05, 0) is 72.9 Å². The van der Waals surface area contributed by atoms with Gasteiger partial charge in [0.2, 0.25) is 0 Å². The molecule has 1 amide bonds. The normalized spacial score (nSPS) is 10.8. The maximum Gasteiger partial charge on any atom is 0.269 e. The first kappa shape index (κ1) is 22.1. The molecule has 0 saturated carbocycles. The topological polar surface area (TPSA) is 99.3 Å². The van der Waals surface area contributed by atoms with E-state index < -0.39 is 27.6 Å². The Labute approximate surface area is 182 Å². The van der Waals surface area contributed by atoms with Gasteiger partial charge in [-0.2, -0.15) is 0 Å². The molecule has 0 spiro atoms. The van der Waals surface area contributed by atoms with Gasteiger partial charge in [-0.3, -0.25) is 20.4 Å². The van der Waals surface area contributed by atoms with Crippen LogP contribution in [0, 0.1) is 11.6 Å². The number of halogens is 2. The largest absolute Gasteiger partial charge is 0.329 e. The minimum absolute atomic E-state index is 0.0406. The molecular formula is C20H16F2N4O3S2. The first-order chi connectivity index (χ1) is 14.7. The van der Waals surface area contributed by atoms with Gasteiger partial charge in [0, 0.05) is 11.3 Å². The Kier molecular flexibility index (Phi) is 6.78. The smallest absolute Gasteiger partial charge is 0.269 e. The Morgan fingerprint density at radius 3 is 2.13 bits per heavy atom. The Bertz CT molecular complexity index is 1200. The summed E-state index contributed by atoms with van der Waals surface area (Å²) in [5.74, 6) is -1.59. The van der Waals surface area contributed by atoms with Crippen molar-refractivity contribution in [3.63, 3.8) is 0 Å². The second kappa shape index (κ2) is 9.49. The molecule has 7 nitrogen and oxygen atoms in total. The first-order valence-electron chi connectivity index (χ1n) is 8.75. The van der Waals surface area contributed by atoms with Gasteiger partial charge in [-0.1, -0.05) is 12.1 Å². The van der Waals surface area contributed by atoms with E-state index in [1.165, 1.54) is 54.6 Å². The van der Waals surface area contributed by atoms with E-state index in [0.29, 0.717) is 0 Å². The van der Waals surface area contributed by atoms with Gasteiger partial charge in [0.05, 0.1) is 10.6 Å². The molecule has 31 heavy (non-hydrogen) atoms. The molecule has 0 bridgehead atoms. The van der Waals surface area contributed by atoms with E-state index in [-0.39, 0.29) is 26.9 Å². The number of hydrazine groups is 1. The molecule has 0 aliphatic carbocycles. The molecule has 0 atom stereocenters. The zero-order chi connectivity index (χ0) is 22.4. The molecule has 3 aromatic carbocycles. The van der Waals surface area contributed by atoms with Crippen LogP contribution in [-0.2, 0) is 10.0 Å². The van der Waals surface area contributed by atoms with Gasteiger partial charge in [0.15, 0.2) is 5.11 Å². The Morgan fingerprint density at radius 2 is 1.48 bits per heavy atom. The number of thiocarbonyl (C=S) groups is 1. The maximum absolute atomic E-state index is 13.6. The minimum atomic E-state index is -3.92. The van der Waals surface area contributed by atoms with Gasteiger partial charge < -0.3 is 5.32 Å². The summed E-state index contributed by atoms with van der Waals surface area (Å²) < 4.78 is 53.7. The number of hydrogen-bond donors (Lipinski definition) is 4. The molecule has 0 aliphatic heterocycles. The first-order valence-corrected chi connectivity index (χ1v) is 10.6. The van der Waals surface area contributed by atoms with Gasteiger partial charge in [-0.25, -0.2) is 17.2 Å². The SMILES string of the molecule is O=C(NNC(=S)Nc1ccccc1F)c1ccc(S(=O)(=O)Nc2ccc(F)cc2)cc1. The second-order valence-electron chi connectivity index (χ2n) is 6.15. The fourth-order valence-electron chi connectivity index (χ4n) is 2.42. The van der Waals surface area contributed by atoms with Gasteiger partial charge in [0.25, 0.3) is 15.9 Å². The number of sulfonamides is 1. The van der Waals surface area contributed by atoms with Gasteiger partial charge in [0.1, 0.15) is 11.6 Å². The summed E-state index contributed by atoms with van der Waals surface area (Å²) in [6.45, 7) is 0. The lowest BCUT2D eigenvalue weighted by Crippen LogP contribution is -2.43. The molecule has 0 saturated heterocycles. The van der Waals surface area contributed by atoms with E-state index >= 15 is 0 Å². The molecule has 0 radical (unpaired) electrons. The van der Waals surface area contributed by atoms with E-state index in [2.05, 4.69) is 20.9 Å². The lowest BCUT2D eigenvalue weighted by atomic mass is 10.2. The zero-order valence-electron chi connectivity index (χ0n) is 15.7. The number of rotatable bonds is 5. The van der Waals surface area contributed by atoms with Crippen LogP contribution in [0.2, 0.25) is 0 Å². The fraction of sp³-hybridized carbons (Fsp3) is 0. The van der Waals surface area contributed by atoms with Crippen LogP contribution in [0.25, 0.3) is 0 Å². The third-order valence-electron chi connectivity index (χ3n) is 3.93. The number of carbonyl (C=O) groups is 1. The average molecular weight is 463 g/mol. The molecule has 11 heteroatoms. The van der Waals surface area contributed by atoms with E-state index in [1.54, 1.807) is 6.07 Å². The van der Waals surface area contributed by atoms with Crippen LogP contribution < -0.4 is 20.9 Å². The summed E-state index contributed by atoms with van der Waals surface area (Å²) in [6, 6.07) is 15.8. The molecule has 0 aliphatic rings. The molecule has 3 aromatic rings. The molecule has 160 valence electrons. The Hall–Kier alpha value is -3.57. The van der Waals surface area contributed by atoms with E-state index in [9.17, 15) is 22.0 Å². The maximum atomic E-state index is 13.6. The van der Waals surface area contributed by atoms with Crippen molar-refractivity contribution in [1.82, 2.24) is 10.9 Å². The zero-order valence-corrected chi connectivity index (χ0v) is 17.4. The van der Waals surface area contributed by atoms with Gasteiger partial charge in [-0.15, -0.1) is 0 Å².